The van der Waals surface area contributed by atoms with E-state index in [1.165, 1.54) is 12.1 Å². The highest BCUT2D eigenvalue weighted by atomic mass is 19.1. The number of nitriles is 1. The smallest absolute Gasteiger partial charge is 0.354 e. The summed E-state index contributed by atoms with van der Waals surface area (Å²) in [6, 6.07) is 13.3. The molecule has 12 heteroatoms. The number of rotatable bonds is 9. The number of piperidine rings is 1. The lowest BCUT2D eigenvalue weighted by atomic mass is 9.93. The van der Waals surface area contributed by atoms with Crippen LogP contribution in [0.4, 0.5) is 4.39 Å². The van der Waals surface area contributed by atoms with Crippen LogP contribution in [0.25, 0.3) is 11.0 Å². The van der Waals surface area contributed by atoms with Crippen molar-refractivity contribution in [3.05, 3.63) is 76.6 Å². The van der Waals surface area contributed by atoms with Crippen LogP contribution in [0.3, 0.4) is 0 Å². The van der Waals surface area contributed by atoms with E-state index in [1.54, 1.807) is 18.2 Å². The van der Waals surface area contributed by atoms with Crippen LogP contribution in [0.15, 0.2) is 42.5 Å². The molecule has 5 heterocycles. The number of carboxylic acid groups (broad SMARTS) is 1. The largest absolute Gasteiger partial charge is 0.492 e. The van der Waals surface area contributed by atoms with Crippen molar-refractivity contribution in [3.63, 3.8) is 0 Å². The Labute approximate surface area is 240 Å². The van der Waals surface area contributed by atoms with Crippen LogP contribution in [0.2, 0.25) is 0 Å². The molecule has 2 N–H and O–H groups in total. The first-order chi connectivity index (χ1) is 20.4. The van der Waals surface area contributed by atoms with Gasteiger partial charge in [-0.1, -0.05) is 12.1 Å². The summed E-state index contributed by atoms with van der Waals surface area (Å²) in [6.07, 6.45) is 2.65. The molecule has 4 aromatic rings. The second kappa shape index (κ2) is 11.7. The van der Waals surface area contributed by atoms with Crippen LogP contribution in [-0.2, 0) is 24.4 Å². The van der Waals surface area contributed by atoms with Crippen LogP contribution in [0.1, 0.15) is 58.3 Å². The van der Waals surface area contributed by atoms with E-state index in [1.807, 2.05) is 22.8 Å². The number of halogens is 1. The van der Waals surface area contributed by atoms with Crippen LogP contribution in [-0.4, -0.2) is 66.4 Å². The number of ether oxygens (including phenoxy) is 2. The van der Waals surface area contributed by atoms with Gasteiger partial charge < -0.3 is 24.3 Å². The van der Waals surface area contributed by atoms with Crippen LogP contribution in [0.5, 0.6) is 11.8 Å². The number of aromatic hydroxyl groups is 1. The Balaban J connectivity index is 1.12. The van der Waals surface area contributed by atoms with Crippen LogP contribution < -0.4 is 4.74 Å². The number of likely N-dealkylation sites (tertiary alicyclic amines) is 1. The van der Waals surface area contributed by atoms with Crippen molar-refractivity contribution < 1.29 is 28.9 Å². The maximum atomic E-state index is 14.2. The van der Waals surface area contributed by atoms with E-state index in [0.717, 1.165) is 43.9 Å². The highest BCUT2D eigenvalue weighted by Gasteiger charge is 2.27. The van der Waals surface area contributed by atoms with Gasteiger partial charge >= 0.3 is 5.97 Å². The molecule has 11 nitrogen and oxygen atoms in total. The highest BCUT2D eigenvalue weighted by molar-refractivity contribution is 5.92. The Morgan fingerprint density at radius 1 is 1.14 bits per heavy atom. The quantitative estimate of drug-likeness (QED) is 0.302. The zero-order chi connectivity index (χ0) is 29.2. The van der Waals surface area contributed by atoms with Crippen LogP contribution in [0, 0.1) is 17.1 Å². The molecule has 0 aliphatic carbocycles. The maximum Gasteiger partial charge on any atom is 0.354 e. The van der Waals surface area contributed by atoms with Gasteiger partial charge in [0.2, 0.25) is 11.8 Å². The minimum atomic E-state index is -1.21. The summed E-state index contributed by atoms with van der Waals surface area (Å²) in [5, 5.41) is 28.8. The van der Waals surface area contributed by atoms with Gasteiger partial charge in [0.05, 0.1) is 36.3 Å². The Morgan fingerprint density at radius 3 is 2.64 bits per heavy atom. The molecule has 2 aliphatic heterocycles. The summed E-state index contributed by atoms with van der Waals surface area (Å²) in [4.78, 5) is 27.0. The second-order valence-electron chi connectivity index (χ2n) is 10.6. The monoisotopic (exact) mass is 572 g/mol. The van der Waals surface area contributed by atoms with Gasteiger partial charge in [-0.2, -0.15) is 5.26 Å². The molecular formula is C30H29FN6O5. The predicted octanol–water partition coefficient (Wildman–Crippen LogP) is 3.99. The molecule has 0 saturated carbocycles. The molecule has 1 atom stereocenters. The van der Waals surface area contributed by atoms with Gasteiger partial charge in [0, 0.05) is 29.8 Å². The third kappa shape index (κ3) is 5.74. The van der Waals surface area contributed by atoms with E-state index in [-0.39, 0.29) is 35.4 Å². The number of carboxylic acids is 1. The van der Waals surface area contributed by atoms with Gasteiger partial charge in [0.15, 0.2) is 11.2 Å². The van der Waals surface area contributed by atoms with Gasteiger partial charge in [0.25, 0.3) is 0 Å². The van der Waals surface area contributed by atoms with Crippen molar-refractivity contribution in [1.29, 1.82) is 5.26 Å². The van der Waals surface area contributed by atoms with E-state index in [4.69, 9.17) is 14.7 Å². The fourth-order valence-electron chi connectivity index (χ4n) is 5.43. The van der Waals surface area contributed by atoms with Gasteiger partial charge in [0.1, 0.15) is 18.2 Å². The lowest BCUT2D eigenvalue weighted by molar-refractivity contribution is -0.0592. The van der Waals surface area contributed by atoms with E-state index in [2.05, 4.69) is 19.9 Å². The third-order valence-electron chi connectivity index (χ3n) is 7.87. The number of nitrogens with zero attached hydrogens (tertiary/aromatic N) is 6. The lowest BCUT2D eigenvalue weighted by Crippen LogP contribution is -2.35. The third-order valence-corrected chi connectivity index (χ3v) is 7.87. The number of carbonyl (C=O) groups is 1. The first kappa shape index (κ1) is 27.6. The Hall–Kier alpha value is -4.60. The fourth-order valence-corrected chi connectivity index (χ4v) is 5.43. The number of hydrogen-bond donors (Lipinski definition) is 2. The van der Waals surface area contributed by atoms with Crippen molar-refractivity contribution in [2.75, 3.05) is 19.7 Å². The molecule has 0 spiro atoms. The molecular weight excluding hydrogens is 543 g/mol. The minimum Gasteiger partial charge on any atom is -0.492 e. The Bertz CT molecular complexity index is 1670. The summed E-state index contributed by atoms with van der Waals surface area (Å²) < 4.78 is 27.6. The molecule has 2 aliphatic rings. The number of aromatic carboxylic acids is 1. The molecule has 6 rings (SSSR count). The summed E-state index contributed by atoms with van der Waals surface area (Å²) in [6.45, 7) is 3.35. The van der Waals surface area contributed by atoms with Gasteiger partial charge in [-0.3, -0.25) is 4.90 Å². The van der Waals surface area contributed by atoms with E-state index in [9.17, 15) is 19.4 Å². The molecule has 0 bridgehead atoms. The fraction of sp³-hybridized carbons (Fsp3) is 0.367. The van der Waals surface area contributed by atoms with Crippen molar-refractivity contribution in [2.45, 2.75) is 51.0 Å². The summed E-state index contributed by atoms with van der Waals surface area (Å²) >= 11 is 0. The molecule has 42 heavy (non-hydrogen) atoms. The van der Waals surface area contributed by atoms with E-state index in [0.29, 0.717) is 36.7 Å². The summed E-state index contributed by atoms with van der Waals surface area (Å²) in [5.41, 5.74) is 2.11. The van der Waals surface area contributed by atoms with Crippen molar-refractivity contribution in [3.8, 4) is 17.8 Å². The number of aromatic nitrogens is 4. The second-order valence-corrected chi connectivity index (χ2v) is 10.6. The Kier molecular flexibility index (Phi) is 7.69. The first-order valence-corrected chi connectivity index (χ1v) is 13.8. The van der Waals surface area contributed by atoms with Crippen molar-refractivity contribution in [2.24, 2.45) is 0 Å². The summed E-state index contributed by atoms with van der Waals surface area (Å²) in [5.74, 6) is -0.728. The maximum absolute atomic E-state index is 14.2. The number of benzene rings is 1. The zero-order valence-electron chi connectivity index (χ0n) is 22.7. The molecule has 0 unspecified atom stereocenters. The highest BCUT2D eigenvalue weighted by Crippen LogP contribution is 2.31. The minimum absolute atomic E-state index is 0.0123. The number of fused-ring (bicyclic) bond motifs is 1. The zero-order valence-corrected chi connectivity index (χ0v) is 22.7. The SMILES string of the molecule is N#Cc1ccc(COc2cccc(C3CCN(Cc4nc5c(O)nc(C(=O)O)cc5n4C[C@@H]4CCO4)CC3)n2)c(F)c1. The number of imidazole rings is 1. The first-order valence-electron chi connectivity index (χ1n) is 13.8. The number of pyridine rings is 2. The molecule has 216 valence electrons. The standard InChI is InChI=1S/C30H29FN6O5/c31-22-12-18(14-32)4-5-20(22)17-42-27-3-1-2-23(33-27)19-6-9-36(10-7-19)16-26-35-28-25(37(26)15-21-8-11-41-21)13-24(30(39)40)34-29(28)38/h1-5,12-13,19,21H,6-11,15-17H2,(H,34,38)(H,39,40)/t21-/m0/s1. The van der Waals surface area contributed by atoms with Crippen molar-refractivity contribution in [1.82, 2.24) is 24.4 Å². The van der Waals surface area contributed by atoms with E-state index < -0.39 is 17.7 Å². The molecule has 2 fully saturated rings. The van der Waals surface area contributed by atoms with Gasteiger partial charge in [-0.15, -0.1) is 0 Å². The average Bonchev–Trinajstić information content (AvgIpc) is 3.31. The van der Waals surface area contributed by atoms with Gasteiger partial charge in [-0.05, 0) is 56.6 Å². The number of hydrogen-bond acceptors (Lipinski definition) is 9. The van der Waals surface area contributed by atoms with Gasteiger partial charge in [-0.25, -0.2) is 24.1 Å². The molecule has 3 aromatic heterocycles. The molecule has 0 radical (unpaired) electrons. The lowest BCUT2D eigenvalue weighted by Gasteiger charge is -2.32. The summed E-state index contributed by atoms with van der Waals surface area (Å²) in [7, 11) is 0. The predicted molar refractivity (Wildman–Crippen MR) is 147 cm³/mol. The Morgan fingerprint density at radius 2 is 1.95 bits per heavy atom. The van der Waals surface area contributed by atoms with Crippen molar-refractivity contribution >= 4 is 17.0 Å². The van der Waals surface area contributed by atoms with Crippen LogP contribution >= 0.6 is 0 Å². The molecule has 1 aromatic carbocycles. The topological polar surface area (TPSA) is 147 Å². The molecule has 0 amide bonds. The average molecular weight is 573 g/mol. The normalized spacial score (nSPS) is 17.6. The van der Waals surface area contributed by atoms with E-state index >= 15 is 0 Å². The molecule has 2 saturated heterocycles.